The van der Waals surface area contributed by atoms with Crippen molar-refractivity contribution in [1.82, 2.24) is 15.1 Å². The molecule has 0 saturated carbocycles. The molecule has 0 bridgehead atoms. The molecule has 1 aliphatic heterocycles. The fourth-order valence-electron chi connectivity index (χ4n) is 3.05. The summed E-state index contributed by atoms with van der Waals surface area (Å²) in [4.78, 5) is 16.3. The quantitative estimate of drug-likeness (QED) is 0.610. The van der Waals surface area contributed by atoms with Crippen molar-refractivity contribution >= 4 is 34.9 Å². The molecule has 0 spiro atoms. The lowest BCUT2D eigenvalue weighted by Crippen LogP contribution is -2.50. The number of rotatable bonds is 5. The third-order valence-electron chi connectivity index (χ3n) is 4.62. The molecule has 0 atom stereocenters. The van der Waals surface area contributed by atoms with Gasteiger partial charge in [-0.2, -0.15) is 0 Å². The van der Waals surface area contributed by atoms with E-state index in [4.69, 9.17) is 32.4 Å². The molecule has 7 nitrogen and oxygen atoms in total. The molecular formula is C20H18Cl2N4O3. The van der Waals surface area contributed by atoms with Crippen molar-refractivity contribution in [1.29, 1.82) is 0 Å². The highest BCUT2D eigenvalue weighted by Crippen LogP contribution is 2.27. The average molecular weight is 433 g/mol. The van der Waals surface area contributed by atoms with E-state index >= 15 is 0 Å². The normalized spacial score (nSPS) is 14.1. The second-order valence-corrected chi connectivity index (χ2v) is 7.33. The lowest BCUT2D eigenvalue weighted by Gasteiger charge is -2.35. The largest absolute Gasteiger partial charge is 0.482 e. The maximum Gasteiger partial charge on any atom is 0.260 e. The van der Waals surface area contributed by atoms with Crippen LogP contribution in [0.25, 0.3) is 11.5 Å². The van der Waals surface area contributed by atoms with Gasteiger partial charge >= 0.3 is 0 Å². The van der Waals surface area contributed by atoms with Crippen molar-refractivity contribution in [2.75, 3.05) is 37.7 Å². The highest BCUT2D eigenvalue weighted by atomic mass is 35.5. The topological polar surface area (TPSA) is 71.7 Å². The third kappa shape index (κ3) is 4.63. The van der Waals surface area contributed by atoms with Crippen LogP contribution < -0.4 is 9.64 Å². The third-order valence-corrected chi connectivity index (χ3v) is 5.17. The van der Waals surface area contributed by atoms with Crippen molar-refractivity contribution in [2.24, 2.45) is 0 Å². The summed E-state index contributed by atoms with van der Waals surface area (Å²) >= 11 is 12.0. The first-order chi connectivity index (χ1) is 14.1. The average Bonchev–Trinajstić information content (AvgIpc) is 3.29. The van der Waals surface area contributed by atoms with Crippen LogP contribution in [0.2, 0.25) is 10.0 Å². The number of aromatic nitrogens is 2. The zero-order valence-electron chi connectivity index (χ0n) is 15.4. The van der Waals surface area contributed by atoms with E-state index in [1.807, 2.05) is 24.3 Å². The zero-order valence-corrected chi connectivity index (χ0v) is 16.9. The molecule has 1 fully saturated rings. The Morgan fingerprint density at radius 2 is 1.90 bits per heavy atom. The van der Waals surface area contributed by atoms with Gasteiger partial charge in [0.2, 0.25) is 0 Å². The Morgan fingerprint density at radius 3 is 2.59 bits per heavy atom. The van der Waals surface area contributed by atoms with E-state index in [1.54, 1.807) is 29.4 Å². The fraction of sp³-hybridized carbons (Fsp3) is 0.250. The van der Waals surface area contributed by atoms with Gasteiger partial charge in [-0.15, -0.1) is 10.2 Å². The molecule has 29 heavy (non-hydrogen) atoms. The minimum absolute atomic E-state index is 0.0856. The van der Waals surface area contributed by atoms with E-state index in [9.17, 15) is 4.79 Å². The minimum Gasteiger partial charge on any atom is -0.482 e. The second-order valence-electron chi connectivity index (χ2n) is 6.49. The van der Waals surface area contributed by atoms with Crippen LogP contribution in [-0.2, 0) is 4.79 Å². The summed E-state index contributed by atoms with van der Waals surface area (Å²) in [6.45, 7) is 2.40. The number of hydrogen-bond acceptors (Lipinski definition) is 6. The Kier molecular flexibility index (Phi) is 5.87. The van der Waals surface area contributed by atoms with Gasteiger partial charge < -0.3 is 19.0 Å². The first-order valence-electron chi connectivity index (χ1n) is 9.08. The van der Waals surface area contributed by atoms with Gasteiger partial charge in [0, 0.05) is 37.3 Å². The predicted molar refractivity (Wildman–Crippen MR) is 110 cm³/mol. The standard InChI is InChI=1S/C20H18Cl2N4O3/c21-14-3-4-15(22)18(12-14)29-13-20(27)26-9-7-25(8-10-26)19-6-5-16(23-24-19)17-2-1-11-28-17/h1-6,11-12H,7-10,13H2. The fourth-order valence-corrected chi connectivity index (χ4v) is 3.39. The molecule has 1 saturated heterocycles. The molecule has 0 radical (unpaired) electrons. The van der Waals surface area contributed by atoms with Crippen LogP contribution in [0.3, 0.4) is 0 Å². The molecule has 9 heteroatoms. The number of nitrogens with zero attached hydrogens (tertiary/aromatic N) is 4. The number of furan rings is 1. The van der Waals surface area contributed by atoms with Gasteiger partial charge in [-0.05, 0) is 36.4 Å². The van der Waals surface area contributed by atoms with E-state index in [1.165, 1.54) is 0 Å². The summed E-state index contributed by atoms with van der Waals surface area (Å²) < 4.78 is 10.9. The number of ether oxygens (including phenoxy) is 1. The predicted octanol–water partition coefficient (Wildman–Crippen LogP) is 3.77. The number of piperazine rings is 1. The molecule has 3 aromatic rings. The number of amides is 1. The molecule has 1 amide bonds. The first kappa shape index (κ1) is 19.5. The van der Waals surface area contributed by atoms with E-state index < -0.39 is 0 Å². The van der Waals surface area contributed by atoms with Crippen LogP contribution in [0.5, 0.6) is 5.75 Å². The molecule has 0 unspecified atom stereocenters. The van der Waals surface area contributed by atoms with Crippen molar-refractivity contribution in [2.45, 2.75) is 0 Å². The molecular weight excluding hydrogens is 415 g/mol. The molecule has 3 heterocycles. The van der Waals surface area contributed by atoms with Gasteiger partial charge in [0.25, 0.3) is 5.91 Å². The lowest BCUT2D eigenvalue weighted by atomic mass is 10.2. The molecule has 1 aromatic carbocycles. The number of hydrogen-bond donors (Lipinski definition) is 0. The van der Waals surface area contributed by atoms with E-state index in [2.05, 4.69) is 15.1 Å². The van der Waals surface area contributed by atoms with Crippen molar-refractivity contribution in [3.05, 3.63) is 58.8 Å². The van der Waals surface area contributed by atoms with Crippen molar-refractivity contribution in [3.8, 4) is 17.2 Å². The maximum atomic E-state index is 12.5. The maximum absolute atomic E-state index is 12.5. The van der Waals surface area contributed by atoms with Crippen LogP contribution in [0.1, 0.15) is 0 Å². The molecule has 150 valence electrons. The van der Waals surface area contributed by atoms with E-state index in [-0.39, 0.29) is 12.5 Å². The molecule has 4 rings (SSSR count). The Labute approximate surface area is 177 Å². The highest BCUT2D eigenvalue weighted by Gasteiger charge is 2.23. The van der Waals surface area contributed by atoms with Crippen LogP contribution in [0.15, 0.2) is 53.1 Å². The SMILES string of the molecule is O=C(COc1cc(Cl)ccc1Cl)N1CCN(c2ccc(-c3ccco3)nn2)CC1. The minimum atomic E-state index is -0.0973. The summed E-state index contributed by atoms with van der Waals surface area (Å²) in [6, 6.07) is 12.3. The van der Waals surface area contributed by atoms with Gasteiger partial charge in [0.1, 0.15) is 11.4 Å². The van der Waals surface area contributed by atoms with Crippen molar-refractivity contribution < 1.29 is 13.9 Å². The van der Waals surface area contributed by atoms with Gasteiger partial charge in [-0.3, -0.25) is 4.79 Å². The lowest BCUT2D eigenvalue weighted by molar-refractivity contribution is -0.133. The Hall–Kier alpha value is -2.77. The van der Waals surface area contributed by atoms with Crippen molar-refractivity contribution in [3.63, 3.8) is 0 Å². The number of benzene rings is 1. The summed E-state index contributed by atoms with van der Waals surface area (Å²) in [6.07, 6.45) is 1.60. The summed E-state index contributed by atoms with van der Waals surface area (Å²) in [5.41, 5.74) is 0.685. The molecule has 2 aromatic heterocycles. The molecule has 0 N–H and O–H groups in total. The van der Waals surface area contributed by atoms with Gasteiger partial charge in [0.15, 0.2) is 18.2 Å². The first-order valence-corrected chi connectivity index (χ1v) is 9.84. The number of halogens is 2. The zero-order chi connectivity index (χ0) is 20.2. The summed E-state index contributed by atoms with van der Waals surface area (Å²) in [5.74, 6) is 1.76. The van der Waals surface area contributed by atoms with Crippen LogP contribution in [-0.4, -0.2) is 53.8 Å². The smallest absolute Gasteiger partial charge is 0.260 e. The summed E-state index contributed by atoms with van der Waals surface area (Å²) in [5, 5.41) is 9.43. The number of carbonyl (C=O) groups excluding carboxylic acids is 1. The Balaban J connectivity index is 1.29. The van der Waals surface area contributed by atoms with E-state index in [0.717, 1.165) is 5.82 Å². The van der Waals surface area contributed by atoms with Gasteiger partial charge in [-0.1, -0.05) is 23.2 Å². The highest BCUT2D eigenvalue weighted by molar-refractivity contribution is 6.34. The van der Waals surface area contributed by atoms with Crippen LogP contribution >= 0.6 is 23.2 Å². The monoisotopic (exact) mass is 432 g/mol. The number of anilines is 1. The van der Waals surface area contributed by atoms with E-state index in [0.29, 0.717) is 53.4 Å². The second kappa shape index (κ2) is 8.71. The van der Waals surface area contributed by atoms with Crippen LogP contribution in [0, 0.1) is 0 Å². The molecule has 0 aliphatic carbocycles. The van der Waals surface area contributed by atoms with Crippen LogP contribution in [0.4, 0.5) is 5.82 Å². The van der Waals surface area contributed by atoms with Gasteiger partial charge in [0.05, 0.1) is 11.3 Å². The number of carbonyl (C=O) groups is 1. The van der Waals surface area contributed by atoms with Gasteiger partial charge in [-0.25, -0.2) is 0 Å². The summed E-state index contributed by atoms with van der Waals surface area (Å²) in [7, 11) is 0. The Bertz CT molecular complexity index is 972. The Morgan fingerprint density at radius 1 is 1.07 bits per heavy atom. The molecule has 1 aliphatic rings.